The number of allylic oxidation sites excluding steroid dienone is 1. The SMILES string of the molecule is CC1=NC2=CN(N)NN2C(S)=C1. The van der Waals surface area contributed by atoms with E-state index in [1.165, 1.54) is 5.12 Å². The van der Waals surface area contributed by atoms with Crippen LogP contribution in [-0.2, 0) is 0 Å². The summed E-state index contributed by atoms with van der Waals surface area (Å²) in [5.41, 5.74) is 3.74. The second-order valence-corrected chi connectivity index (χ2v) is 3.04. The highest BCUT2D eigenvalue weighted by Crippen LogP contribution is 2.22. The molecule has 0 saturated carbocycles. The molecule has 0 saturated heterocycles. The second kappa shape index (κ2) is 2.51. The maximum Gasteiger partial charge on any atom is 0.169 e. The minimum Gasteiger partial charge on any atom is -0.233 e. The van der Waals surface area contributed by atoms with Crippen LogP contribution in [0.15, 0.2) is 28.1 Å². The van der Waals surface area contributed by atoms with Crippen LogP contribution >= 0.6 is 12.6 Å². The molecule has 64 valence electrons. The van der Waals surface area contributed by atoms with E-state index in [4.69, 9.17) is 5.84 Å². The zero-order valence-electron chi connectivity index (χ0n) is 6.52. The number of thiol groups is 1. The van der Waals surface area contributed by atoms with Gasteiger partial charge in [-0.3, -0.25) is 0 Å². The Morgan fingerprint density at radius 1 is 1.67 bits per heavy atom. The van der Waals surface area contributed by atoms with Crippen molar-refractivity contribution >= 4 is 18.3 Å². The van der Waals surface area contributed by atoms with Crippen LogP contribution in [0.25, 0.3) is 0 Å². The third kappa shape index (κ3) is 1.09. The second-order valence-electron chi connectivity index (χ2n) is 2.59. The summed E-state index contributed by atoms with van der Waals surface area (Å²) in [5, 5.41) is 3.80. The van der Waals surface area contributed by atoms with E-state index in [9.17, 15) is 0 Å². The van der Waals surface area contributed by atoms with Crippen LogP contribution in [0.5, 0.6) is 0 Å². The van der Waals surface area contributed by atoms with Gasteiger partial charge in [0.05, 0.1) is 11.2 Å². The van der Waals surface area contributed by atoms with Crippen LogP contribution in [0, 0.1) is 0 Å². The largest absolute Gasteiger partial charge is 0.233 e. The van der Waals surface area contributed by atoms with E-state index in [2.05, 4.69) is 23.2 Å². The molecule has 12 heavy (non-hydrogen) atoms. The molecule has 2 aliphatic rings. The molecule has 0 aromatic carbocycles. The van der Waals surface area contributed by atoms with Crippen LogP contribution in [-0.4, -0.2) is 15.8 Å². The molecule has 0 fully saturated rings. The minimum atomic E-state index is 0.752. The summed E-state index contributed by atoms with van der Waals surface area (Å²) in [4.78, 5) is 4.24. The molecule has 2 aliphatic heterocycles. The lowest BCUT2D eigenvalue weighted by molar-refractivity contribution is 0.171. The monoisotopic (exact) mass is 183 g/mol. The first-order chi connectivity index (χ1) is 5.66. The van der Waals surface area contributed by atoms with Gasteiger partial charge in [0.25, 0.3) is 0 Å². The van der Waals surface area contributed by atoms with E-state index in [0.717, 1.165) is 16.6 Å². The minimum absolute atomic E-state index is 0.752. The molecule has 2 rings (SSSR count). The smallest absolute Gasteiger partial charge is 0.169 e. The summed E-state index contributed by atoms with van der Waals surface area (Å²) in [6.07, 6.45) is 3.54. The van der Waals surface area contributed by atoms with Gasteiger partial charge in [-0.25, -0.2) is 21.0 Å². The molecule has 0 spiro atoms. The summed E-state index contributed by atoms with van der Waals surface area (Å²) in [5.74, 6) is 6.23. The standard InChI is InChI=1S/C6H9N5S/c1-4-2-6(12)11-5(8-4)3-10(7)9-11/h2-3,9,12H,7H2,1H3. The normalized spacial score (nSPS) is 21.8. The average Bonchev–Trinajstić information content (AvgIpc) is 2.29. The number of nitrogens with two attached hydrogens (primary N) is 1. The third-order valence-electron chi connectivity index (χ3n) is 1.56. The fraction of sp³-hybridized carbons (Fsp3) is 0.167. The molecule has 0 unspecified atom stereocenters. The summed E-state index contributed by atoms with van der Waals surface area (Å²) in [6.45, 7) is 1.91. The molecule has 0 amide bonds. The highest BCUT2D eigenvalue weighted by atomic mass is 32.1. The number of fused-ring (bicyclic) bond motifs is 1. The summed E-state index contributed by atoms with van der Waals surface area (Å²) in [6, 6.07) is 0. The van der Waals surface area contributed by atoms with Gasteiger partial charge in [0.15, 0.2) is 5.82 Å². The summed E-state index contributed by atoms with van der Waals surface area (Å²) >= 11 is 4.26. The topological polar surface area (TPSA) is 56.9 Å². The molecular formula is C6H9N5S. The molecule has 2 heterocycles. The van der Waals surface area contributed by atoms with Crippen LogP contribution in [0.2, 0.25) is 0 Å². The van der Waals surface area contributed by atoms with E-state index in [1.807, 2.05) is 13.0 Å². The van der Waals surface area contributed by atoms with E-state index >= 15 is 0 Å². The van der Waals surface area contributed by atoms with Crippen molar-refractivity contribution < 1.29 is 0 Å². The van der Waals surface area contributed by atoms with Gasteiger partial charge in [-0.15, -0.1) is 18.2 Å². The van der Waals surface area contributed by atoms with Gasteiger partial charge in [0, 0.05) is 5.71 Å². The van der Waals surface area contributed by atoms with Gasteiger partial charge in [0.2, 0.25) is 0 Å². The Balaban J connectivity index is 2.37. The van der Waals surface area contributed by atoms with E-state index in [1.54, 1.807) is 11.2 Å². The van der Waals surface area contributed by atoms with Crippen molar-refractivity contribution in [3.63, 3.8) is 0 Å². The van der Waals surface area contributed by atoms with Crippen molar-refractivity contribution in [2.75, 3.05) is 0 Å². The highest BCUT2D eigenvalue weighted by molar-refractivity contribution is 7.84. The van der Waals surface area contributed by atoms with Crippen LogP contribution in [0.3, 0.4) is 0 Å². The summed E-state index contributed by atoms with van der Waals surface area (Å²) < 4.78 is 0. The average molecular weight is 183 g/mol. The van der Waals surface area contributed by atoms with Crippen LogP contribution in [0.4, 0.5) is 0 Å². The molecule has 0 bridgehead atoms. The van der Waals surface area contributed by atoms with Gasteiger partial charge >= 0.3 is 0 Å². The Morgan fingerprint density at radius 3 is 3.17 bits per heavy atom. The fourth-order valence-corrected chi connectivity index (χ4v) is 1.42. The molecule has 5 nitrogen and oxygen atoms in total. The van der Waals surface area contributed by atoms with Crippen molar-refractivity contribution in [2.45, 2.75) is 6.92 Å². The van der Waals surface area contributed by atoms with E-state index < -0.39 is 0 Å². The number of hydrogen-bond donors (Lipinski definition) is 3. The highest BCUT2D eigenvalue weighted by Gasteiger charge is 2.23. The van der Waals surface area contributed by atoms with Gasteiger partial charge in [-0.05, 0) is 13.0 Å². The number of aliphatic imine (C=N–C) groups is 1. The van der Waals surface area contributed by atoms with Crippen molar-refractivity contribution in [3.8, 4) is 0 Å². The number of hydrogen-bond acceptors (Lipinski definition) is 6. The van der Waals surface area contributed by atoms with E-state index in [0.29, 0.717) is 0 Å². The predicted molar refractivity (Wildman–Crippen MR) is 49.3 cm³/mol. The van der Waals surface area contributed by atoms with Crippen molar-refractivity contribution in [3.05, 3.63) is 23.1 Å². The molecular weight excluding hydrogens is 174 g/mol. The summed E-state index contributed by atoms with van der Waals surface area (Å²) in [7, 11) is 0. The lowest BCUT2D eigenvalue weighted by atomic mass is 10.3. The molecule has 0 aliphatic carbocycles. The van der Waals surface area contributed by atoms with Gasteiger partial charge in [-0.1, -0.05) is 0 Å². The molecule has 6 heteroatoms. The first-order valence-corrected chi connectivity index (χ1v) is 3.89. The van der Waals surface area contributed by atoms with Crippen LogP contribution < -0.4 is 11.4 Å². The lowest BCUT2D eigenvalue weighted by Gasteiger charge is -2.23. The lowest BCUT2D eigenvalue weighted by Crippen LogP contribution is -2.43. The first kappa shape index (κ1) is 7.66. The molecule has 0 aromatic rings. The zero-order valence-corrected chi connectivity index (χ0v) is 7.42. The Hall–Kier alpha value is -0.980. The maximum absolute atomic E-state index is 5.48. The van der Waals surface area contributed by atoms with Gasteiger partial charge in [0.1, 0.15) is 0 Å². The van der Waals surface area contributed by atoms with Gasteiger partial charge in [-0.2, -0.15) is 0 Å². The van der Waals surface area contributed by atoms with Crippen LogP contribution in [0.1, 0.15) is 6.92 Å². The van der Waals surface area contributed by atoms with Crippen molar-refractivity contribution in [2.24, 2.45) is 10.8 Å². The number of rotatable bonds is 0. The zero-order chi connectivity index (χ0) is 8.72. The molecule has 0 atom stereocenters. The Bertz CT molecular complexity index is 305. The quantitative estimate of drug-likeness (QED) is 0.364. The molecule has 0 aromatic heterocycles. The van der Waals surface area contributed by atoms with Crippen molar-refractivity contribution in [1.29, 1.82) is 0 Å². The Labute approximate surface area is 75.5 Å². The first-order valence-electron chi connectivity index (χ1n) is 3.45. The fourth-order valence-electron chi connectivity index (χ4n) is 1.09. The number of hydrazine groups is 3. The predicted octanol–water partition coefficient (Wildman–Crippen LogP) is -0.0581. The van der Waals surface area contributed by atoms with Crippen molar-refractivity contribution in [1.82, 2.24) is 15.7 Å². The molecule has 0 radical (unpaired) electrons. The van der Waals surface area contributed by atoms with E-state index in [-0.39, 0.29) is 0 Å². The molecule has 3 N–H and O–H groups in total. The third-order valence-corrected chi connectivity index (χ3v) is 1.89. The van der Waals surface area contributed by atoms with Gasteiger partial charge < -0.3 is 0 Å². The maximum atomic E-state index is 5.48. The number of nitrogens with zero attached hydrogens (tertiary/aromatic N) is 3. The Morgan fingerprint density at radius 2 is 2.42 bits per heavy atom. The number of nitrogens with one attached hydrogen (secondary N) is 1. The Kier molecular flexibility index (Phi) is 1.60.